The first-order valence-corrected chi connectivity index (χ1v) is 6.55. The van der Waals surface area contributed by atoms with Gasteiger partial charge in [-0.2, -0.15) is 5.10 Å². The van der Waals surface area contributed by atoms with Crippen LogP contribution >= 0.6 is 15.9 Å². The highest BCUT2D eigenvalue weighted by Crippen LogP contribution is 2.26. The van der Waals surface area contributed by atoms with Crippen LogP contribution < -0.4 is 11.3 Å². The molecule has 0 aliphatic heterocycles. The van der Waals surface area contributed by atoms with E-state index in [1.807, 2.05) is 13.2 Å². The summed E-state index contributed by atoms with van der Waals surface area (Å²) in [6.45, 7) is 0. The number of furan rings is 1. The molecule has 0 atom stereocenters. The molecule has 102 valence electrons. The highest BCUT2D eigenvalue weighted by atomic mass is 79.9. The molecule has 20 heavy (non-hydrogen) atoms. The van der Waals surface area contributed by atoms with Crippen LogP contribution in [-0.4, -0.2) is 19.7 Å². The van der Waals surface area contributed by atoms with Gasteiger partial charge in [0.05, 0.1) is 11.9 Å². The summed E-state index contributed by atoms with van der Waals surface area (Å²) in [4.78, 5) is 8.75. The Morgan fingerprint density at radius 1 is 1.35 bits per heavy atom. The quantitative estimate of drug-likeness (QED) is 0.563. The van der Waals surface area contributed by atoms with Crippen LogP contribution in [0, 0.1) is 0 Å². The Labute approximate surface area is 122 Å². The largest absolute Gasteiger partial charge is 0.446 e. The molecule has 0 aromatic carbocycles. The standard InChI is InChI=1S/C12H11BrN6O/c1-19-6-7(5-15-19)8-4-11(18-14)17-12(16-8)9-2-3-10(13)20-9/h2-6H,14H2,1H3,(H,16,17,18). The van der Waals surface area contributed by atoms with Crippen LogP contribution in [0.25, 0.3) is 22.8 Å². The van der Waals surface area contributed by atoms with Crippen molar-refractivity contribution in [1.82, 2.24) is 19.7 Å². The molecule has 3 aromatic heterocycles. The molecule has 0 spiro atoms. The second-order valence-corrected chi connectivity index (χ2v) is 4.89. The fraction of sp³-hybridized carbons (Fsp3) is 0.0833. The van der Waals surface area contributed by atoms with Gasteiger partial charge in [-0.15, -0.1) is 0 Å². The van der Waals surface area contributed by atoms with Gasteiger partial charge < -0.3 is 9.84 Å². The number of hydrogen-bond donors (Lipinski definition) is 2. The van der Waals surface area contributed by atoms with Crippen molar-refractivity contribution in [3.8, 4) is 22.8 Å². The van der Waals surface area contributed by atoms with Gasteiger partial charge in [-0.1, -0.05) is 0 Å². The van der Waals surface area contributed by atoms with E-state index in [1.54, 1.807) is 29.1 Å². The lowest BCUT2D eigenvalue weighted by Gasteiger charge is -2.04. The third kappa shape index (κ3) is 2.43. The molecule has 0 saturated heterocycles. The molecule has 3 rings (SSSR count). The molecular weight excluding hydrogens is 324 g/mol. The van der Waals surface area contributed by atoms with Crippen LogP contribution in [0.1, 0.15) is 0 Å². The lowest BCUT2D eigenvalue weighted by molar-refractivity contribution is 0.551. The molecular formula is C12H11BrN6O. The molecule has 3 aromatic rings. The van der Waals surface area contributed by atoms with Crippen molar-refractivity contribution in [3.05, 3.63) is 35.3 Å². The number of aryl methyl sites for hydroxylation is 1. The fourth-order valence-electron chi connectivity index (χ4n) is 1.77. The van der Waals surface area contributed by atoms with Gasteiger partial charge in [-0.25, -0.2) is 15.8 Å². The number of aromatic nitrogens is 4. The van der Waals surface area contributed by atoms with E-state index in [2.05, 4.69) is 36.4 Å². The monoisotopic (exact) mass is 334 g/mol. The van der Waals surface area contributed by atoms with Crippen molar-refractivity contribution in [2.45, 2.75) is 0 Å². The van der Waals surface area contributed by atoms with Gasteiger partial charge in [0.1, 0.15) is 5.82 Å². The molecule has 0 unspecified atom stereocenters. The average molecular weight is 335 g/mol. The Balaban J connectivity index is 2.12. The number of hydrazine groups is 1. The van der Waals surface area contributed by atoms with Crippen molar-refractivity contribution >= 4 is 21.7 Å². The van der Waals surface area contributed by atoms with Crippen molar-refractivity contribution in [1.29, 1.82) is 0 Å². The number of nitrogen functional groups attached to an aromatic ring is 1. The molecule has 0 aliphatic carbocycles. The lowest BCUT2D eigenvalue weighted by Crippen LogP contribution is -2.09. The Bertz CT molecular complexity index is 691. The summed E-state index contributed by atoms with van der Waals surface area (Å²) < 4.78 is 7.79. The normalized spacial score (nSPS) is 10.8. The summed E-state index contributed by atoms with van der Waals surface area (Å²) in [6, 6.07) is 5.32. The van der Waals surface area contributed by atoms with Gasteiger partial charge in [0.2, 0.25) is 0 Å². The zero-order chi connectivity index (χ0) is 14.1. The molecule has 0 aliphatic rings. The highest BCUT2D eigenvalue weighted by Gasteiger charge is 2.12. The molecule has 3 N–H and O–H groups in total. The molecule has 0 saturated carbocycles. The number of anilines is 1. The van der Waals surface area contributed by atoms with Crippen molar-refractivity contribution in [2.75, 3.05) is 5.43 Å². The summed E-state index contributed by atoms with van der Waals surface area (Å²) >= 11 is 3.26. The van der Waals surface area contributed by atoms with Crippen molar-refractivity contribution in [3.63, 3.8) is 0 Å². The highest BCUT2D eigenvalue weighted by molar-refractivity contribution is 9.10. The maximum atomic E-state index is 5.47. The number of nitrogens with one attached hydrogen (secondary N) is 1. The summed E-state index contributed by atoms with van der Waals surface area (Å²) in [7, 11) is 1.84. The summed E-state index contributed by atoms with van der Waals surface area (Å²) in [5, 5.41) is 4.13. The predicted molar refractivity (Wildman–Crippen MR) is 77.4 cm³/mol. The minimum Gasteiger partial charge on any atom is -0.446 e. The van der Waals surface area contributed by atoms with E-state index in [0.29, 0.717) is 27.8 Å². The van der Waals surface area contributed by atoms with E-state index < -0.39 is 0 Å². The Hall–Kier alpha value is -2.19. The molecule has 8 heteroatoms. The van der Waals surface area contributed by atoms with Gasteiger partial charge in [0, 0.05) is 24.9 Å². The zero-order valence-electron chi connectivity index (χ0n) is 10.5. The topological polar surface area (TPSA) is 94.8 Å². The van der Waals surface area contributed by atoms with Crippen LogP contribution in [0.2, 0.25) is 0 Å². The Morgan fingerprint density at radius 3 is 2.80 bits per heavy atom. The fourth-order valence-corrected chi connectivity index (χ4v) is 2.07. The van der Waals surface area contributed by atoms with E-state index >= 15 is 0 Å². The second kappa shape index (κ2) is 5.06. The van der Waals surface area contributed by atoms with E-state index in [4.69, 9.17) is 10.3 Å². The van der Waals surface area contributed by atoms with Crippen LogP contribution in [0.4, 0.5) is 5.82 Å². The van der Waals surface area contributed by atoms with Crippen LogP contribution in [0.5, 0.6) is 0 Å². The summed E-state index contributed by atoms with van der Waals surface area (Å²) in [5.74, 6) is 6.96. The average Bonchev–Trinajstić information content (AvgIpc) is 3.07. The van der Waals surface area contributed by atoms with Gasteiger partial charge >= 0.3 is 0 Å². The van der Waals surface area contributed by atoms with Crippen LogP contribution in [-0.2, 0) is 7.05 Å². The lowest BCUT2D eigenvalue weighted by atomic mass is 10.2. The van der Waals surface area contributed by atoms with Crippen molar-refractivity contribution in [2.24, 2.45) is 12.9 Å². The van der Waals surface area contributed by atoms with Gasteiger partial charge in [0.15, 0.2) is 16.3 Å². The SMILES string of the molecule is Cn1cc(-c2cc(NN)nc(-c3ccc(Br)o3)n2)cn1. The maximum absolute atomic E-state index is 5.47. The zero-order valence-corrected chi connectivity index (χ0v) is 12.1. The number of rotatable bonds is 3. The Kier molecular flexibility index (Phi) is 3.25. The van der Waals surface area contributed by atoms with Crippen LogP contribution in [0.15, 0.2) is 39.7 Å². The third-order valence-electron chi connectivity index (χ3n) is 2.67. The van der Waals surface area contributed by atoms with E-state index in [0.717, 1.165) is 5.56 Å². The molecule has 7 nitrogen and oxygen atoms in total. The minimum atomic E-state index is 0.449. The number of halogens is 1. The van der Waals surface area contributed by atoms with E-state index in [1.165, 1.54) is 0 Å². The maximum Gasteiger partial charge on any atom is 0.198 e. The first-order valence-electron chi connectivity index (χ1n) is 5.76. The number of nitrogens with two attached hydrogens (primary N) is 1. The van der Waals surface area contributed by atoms with E-state index in [-0.39, 0.29) is 0 Å². The minimum absolute atomic E-state index is 0.449. The first kappa shape index (κ1) is 12.8. The summed E-state index contributed by atoms with van der Waals surface area (Å²) in [5.41, 5.74) is 4.11. The third-order valence-corrected chi connectivity index (χ3v) is 3.09. The molecule has 0 bridgehead atoms. The molecule has 0 radical (unpaired) electrons. The second-order valence-electron chi connectivity index (χ2n) is 4.11. The molecule has 3 heterocycles. The molecule has 0 amide bonds. The van der Waals surface area contributed by atoms with E-state index in [9.17, 15) is 0 Å². The first-order chi connectivity index (χ1) is 9.65. The van der Waals surface area contributed by atoms with Crippen LogP contribution in [0.3, 0.4) is 0 Å². The van der Waals surface area contributed by atoms with Gasteiger partial charge in [-0.05, 0) is 28.1 Å². The van der Waals surface area contributed by atoms with Crippen molar-refractivity contribution < 1.29 is 4.42 Å². The number of nitrogens with zero attached hydrogens (tertiary/aromatic N) is 4. The smallest absolute Gasteiger partial charge is 0.198 e. The van der Waals surface area contributed by atoms with Gasteiger partial charge in [0.25, 0.3) is 0 Å². The predicted octanol–water partition coefficient (Wildman–Crippen LogP) is 2.19. The Morgan fingerprint density at radius 2 is 2.20 bits per heavy atom. The van der Waals surface area contributed by atoms with Gasteiger partial charge in [-0.3, -0.25) is 4.68 Å². The number of hydrogen-bond acceptors (Lipinski definition) is 6. The molecule has 0 fully saturated rings. The summed E-state index contributed by atoms with van der Waals surface area (Å²) in [6.07, 6.45) is 3.59.